The largest absolute Gasteiger partial charge is 0.353 e. The van der Waals surface area contributed by atoms with Gasteiger partial charge in [0.1, 0.15) is 0 Å². The molecule has 0 bridgehead atoms. The first kappa shape index (κ1) is 16.4. The predicted molar refractivity (Wildman–Crippen MR) is 72.8 cm³/mol. The van der Waals surface area contributed by atoms with Crippen molar-refractivity contribution in [3.05, 3.63) is 0 Å². The Morgan fingerprint density at radius 3 is 2.18 bits per heavy atom. The van der Waals surface area contributed by atoms with Crippen LogP contribution in [0.5, 0.6) is 0 Å². The van der Waals surface area contributed by atoms with Crippen molar-refractivity contribution in [3.8, 4) is 0 Å². The van der Waals surface area contributed by atoms with E-state index in [4.69, 9.17) is 5.73 Å². The highest BCUT2D eigenvalue weighted by Crippen LogP contribution is 2.05. The summed E-state index contributed by atoms with van der Waals surface area (Å²) >= 11 is 0. The summed E-state index contributed by atoms with van der Waals surface area (Å²) < 4.78 is 0. The highest BCUT2D eigenvalue weighted by Gasteiger charge is 2.20. The number of nitrogens with two attached hydrogens (primary N) is 1. The van der Waals surface area contributed by atoms with Crippen molar-refractivity contribution in [1.82, 2.24) is 10.2 Å². The smallest absolute Gasteiger partial charge is 0.237 e. The first-order valence-corrected chi connectivity index (χ1v) is 6.75. The maximum absolute atomic E-state index is 11.8. The summed E-state index contributed by atoms with van der Waals surface area (Å²) in [6.07, 6.45) is 0.931. The van der Waals surface area contributed by atoms with Gasteiger partial charge in [-0.15, -0.1) is 0 Å². The Balaban J connectivity index is 4.06. The van der Waals surface area contributed by atoms with E-state index in [1.807, 2.05) is 6.92 Å². The molecule has 3 atom stereocenters. The van der Waals surface area contributed by atoms with Gasteiger partial charge in [-0.3, -0.25) is 9.69 Å². The number of nitrogens with zero attached hydrogens (tertiary/aromatic N) is 1. The molecule has 0 saturated carbocycles. The van der Waals surface area contributed by atoms with Gasteiger partial charge in [0.25, 0.3) is 0 Å². The summed E-state index contributed by atoms with van der Waals surface area (Å²) in [5.41, 5.74) is 5.87. The Labute approximate surface area is 106 Å². The van der Waals surface area contributed by atoms with Gasteiger partial charge < -0.3 is 11.1 Å². The van der Waals surface area contributed by atoms with Crippen LogP contribution in [0.3, 0.4) is 0 Å². The average molecular weight is 243 g/mol. The molecule has 0 rings (SSSR count). The fourth-order valence-electron chi connectivity index (χ4n) is 1.85. The van der Waals surface area contributed by atoms with Crippen molar-refractivity contribution in [1.29, 1.82) is 0 Å². The van der Waals surface area contributed by atoms with Crippen LogP contribution in [0.15, 0.2) is 0 Å². The lowest BCUT2D eigenvalue weighted by Crippen LogP contribution is -2.49. The molecule has 0 aromatic heterocycles. The van der Waals surface area contributed by atoms with E-state index in [1.54, 1.807) is 0 Å². The third kappa shape index (κ3) is 5.50. The molecule has 0 aliphatic rings. The fourth-order valence-corrected chi connectivity index (χ4v) is 1.85. The zero-order valence-electron chi connectivity index (χ0n) is 12.0. The van der Waals surface area contributed by atoms with E-state index in [2.05, 4.69) is 37.9 Å². The Morgan fingerprint density at radius 1 is 1.24 bits per heavy atom. The highest BCUT2D eigenvalue weighted by molar-refractivity contribution is 5.81. The quantitative estimate of drug-likeness (QED) is 0.673. The molecule has 0 fully saturated rings. The molecule has 0 radical (unpaired) electrons. The van der Waals surface area contributed by atoms with Crippen molar-refractivity contribution in [2.24, 2.45) is 11.7 Å². The standard InChI is InChI=1S/C13H29N3O/c1-6-10(4)12(14)13(17)15-9-11(5)16(7-2)8-3/h10-12H,6-9,14H2,1-5H3,(H,15,17). The molecule has 17 heavy (non-hydrogen) atoms. The third-order valence-electron chi connectivity index (χ3n) is 3.57. The van der Waals surface area contributed by atoms with E-state index >= 15 is 0 Å². The summed E-state index contributed by atoms with van der Waals surface area (Å²) in [5, 5.41) is 2.94. The van der Waals surface area contributed by atoms with Crippen molar-refractivity contribution in [3.63, 3.8) is 0 Å². The molecule has 0 aromatic rings. The molecule has 0 aliphatic carbocycles. The van der Waals surface area contributed by atoms with E-state index in [9.17, 15) is 4.79 Å². The SMILES string of the molecule is CCC(C)C(N)C(=O)NCC(C)N(CC)CC. The van der Waals surface area contributed by atoms with Gasteiger partial charge in [0.15, 0.2) is 0 Å². The van der Waals surface area contributed by atoms with Gasteiger partial charge in [0.05, 0.1) is 6.04 Å². The maximum atomic E-state index is 11.8. The van der Waals surface area contributed by atoms with Crippen LogP contribution in [0.4, 0.5) is 0 Å². The number of hydrogen-bond donors (Lipinski definition) is 2. The highest BCUT2D eigenvalue weighted by atomic mass is 16.2. The number of rotatable bonds is 8. The van der Waals surface area contributed by atoms with Crippen LogP contribution < -0.4 is 11.1 Å². The number of amides is 1. The Kier molecular flexibility index (Phi) is 8.17. The summed E-state index contributed by atoms with van der Waals surface area (Å²) in [7, 11) is 0. The van der Waals surface area contributed by atoms with Crippen LogP contribution in [-0.2, 0) is 4.79 Å². The zero-order valence-corrected chi connectivity index (χ0v) is 12.0. The summed E-state index contributed by atoms with van der Waals surface area (Å²) in [6.45, 7) is 13.1. The van der Waals surface area contributed by atoms with Gasteiger partial charge in [0, 0.05) is 12.6 Å². The molecule has 0 spiro atoms. The monoisotopic (exact) mass is 243 g/mol. The molecule has 4 nitrogen and oxygen atoms in total. The van der Waals surface area contributed by atoms with E-state index in [1.165, 1.54) is 0 Å². The number of likely N-dealkylation sites (N-methyl/N-ethyl adjacent to an activating group) is 1. The van der Waals surface area contributed by atoms with Crippen molar-refractivity contribution in [2.75, 3.05) is 19.6 Å². The molecule has 102 valence electrons. The van der Waals surface area contributed by atoms with Crippen molar-refractivity contribution >= 4 is 5.91 Å². The number of hydrogen-bond acceptors (Lipinski definition) is 3. The Morgan fingerprint density at radius 2 is 1.76 bits per heavy atom. The fraction of sp³-hybridized carbons (Fsp3) is 0.923. The maximum Gasteiger partial charge on any atom is 0.237 e. The minimum atomic E-state index is -0.385. The summed E-state index contributed by atoms with van der Waals surface area (Å²) in [4.78, 5) is 14.1. The molecule has 0 heterocycles. The molecule has 0 aliphatic heterocycles. The minimum Gasteiger partial charge on any atom is -0.353 e. The number of nitrogens with one attached hydrogen (secondary N) is 1. The van der Waals surface area contributed by atoms with Crippen LogP contribution in [0.25, 0.3) is 0 Å². The molecular formula is C13H29N3O. The van der Waals surface area contributed by atoms with E-state index < -0.39 is 0 Å². The molecule has 0 saturated heterocycles. The molecular weight excluding hydrogens is 214 g/mol. The second-order valence-corrected chi connectivity index (χ2v) is 4.73. The second-order valence-electron chi connectivity index (χ2n) is 4.73. The van der Waals surface area contributed by atoms with E-state index in [0.29, 0.717) is 12.6 Å². The Hall–Kier alpha value is -0.610. The van der Waals surface area contributed by atoms with Gasteiger partial charge in [0.2, 0.25) is 5.91 Å². The van der Waals surface area contributed by atoms with Gasteiger partial charge in [-0.25, -0.2) is 0 Å². The number of carbonyl (C=O) groups is 1. The summed E-state index contributed by atoms with van der Waals surface area (Å²) in [6, 6.07) is -0.0259. The topological polar surface area (TPSA) is 58.4 Å². The first-order valence-electron chi connectivity index (χ1n) is 6.75. The van der Waals surface area contributed by atoms with Crippen molar-refractivity contribution < 1.29 is 4.79 Å². The van der Waals surface area contributed by atoms with Crippen LogP contribution in [-0.4, -0.2) is 42.5 Å². The third-order valence-corrected chi connectivity index (χ3v) is 3.57. The molecule has 1 amide bonds. The van der Waals surface area contributed by atoms with Gasteiger partial charge in [-0.05, 0) is 25.9 Å². The van der Waals surface area contributed by atoms with Gasteiger partial charge in [-0.2, -0.15) is 0 Å². The minimum absolute atomic E-state index is 0.0293. The predicted octanol–water partition coefficient (Wildman–Crippen LogP) is 1.21. The lowest BCUT2D eigenvalue weighted by Gasteiger charge is -2.27. The van der Waals surface area contributed by atoms with Crippen LogP contribution in [0.1, 0.15) is 41.0 Å². The molecule has 3 unspecified atom stereocenters. The lowest BCUT2D eigenvalue weighted by atomic mass is 9.99. The second kappa shape index (κ2) is 8.48. The van der Waals surface area contributed by atoms with Crippen LogP contribution >= 0.6 is 0 Å². The molecule has 0 aromatic carbocycles. The van der Waals surface area contributed by atoms with Crippen molar-refractivity contribution in [2.45, 2.75) is 53.1 Å². The molecule has 3 N–H and O–H groups in total. The normalized spacial score (nSPS) is 16.6. The zero-order chi connectivity index (χ0) is 13.4. The first-order chi connectivity index (χ1) is 7.97. The van der Waals surface area contributed by atoms with E-state index in [-0.39, 0.29) is 17.9 Å². The average Bonchev–Trinajstić information content (AvgIpc) is 2.35. The molecule has 4 heteroatoms. The van der Waals surface area contributed by atoms with Crippen LogP contribution in [0.2, 0.25) is 0 Å². The van der Waals surface area contributed by atoms with E-state index in [0.717, 1.165) is 19.5 Å². The lowest BCUT2D eigenvalue weighted by molar-refractivity contribution is -0.123. The summed E-state index contributed by atoms with van der Waals surface area (Å²) in [5.74, 6) is 0.206. The van der Waals surface area contributed by atoms with Gasteiger partial charge in [-0.1, -0.05) is 34.1 Å². The Bertz CT molecular complexity index is 217. The number of carbonyl (C=O) groups excluding carboxylic acids is 1. The van der Waals surface area contributed by atoms with Crippen LogP contribution in [0, 0.1) is 5.92 Å². The van der Waals surface area contributed by atoms with Gasteiger partial charge >= 0.3 is 0 Å².